The standard InChI is InChI=1S/C23H20F3N3O2.C10H11N.C2H6/c1-14-3-6-19-17(11-14)22-15(13-28-19)4-8-21(30)29(22)16-5-7-20(31-10-9-27-2)18(12-16)23(24,25)26;1-2-7-10-9(5-1)6-3-4-8-11-10;1-2/h3-8,11-13,27H,9-10H2,1-2H3;1-2,4-5,7-9H,3,6H2;1-2H3. The number of hydrogen-bond donors (Lipinski definition) is 1. The first-order valence-corrected chi connectivity index (χ1v) is 14.7. The van der Waals surface area contributed by atoms with Crippen LogP contribution in [0.3, 0.4) is 0 Å². The largest absolute Gasteiger partial charge is 0.492 e. The van der Waals surface area contributed by atoms with Crippen molar-refractivity contribution in [3.05, 3.63) is 113 Å². The number of alkyl halides is 3. The van der Waals surface area contributed by atoms with Crippen molar-refractivity contribution in [2.45, 2.75) is 39.8 Å². The van der Waals surface area contributed by atoms with Gasteiger partial charge in [0.25, 0.3) is 5.56 Å². The summed E-state index contributed by atoms with van der Waals surface area (Å²) in [6.45, 7) is 6.39. The number of pyridine rings is 2. The maximum Gasteiger partial charge on any atom is 0.420 e. The molecule has 1 aliphatic heterocycles. The van der Waals surface area contributed by atoms with Gasteiger partial charge in [0.2, 0.25) is 0 Å². The maximum absolute atomic E-state index is 13.8. The zero-order valence-corrected chi connectivity index (χ0v) is 25.4. The second-order valence-electron chi connectivity index (χ2n) is 10.1. The number of hydrogen-bond acceptors (Lipinski definition) is 5. The summed E-state index contributed by atoms with van der Waals surface area (Å²) < 4.78 is 48.0. The van der Waals surface area contributed by atoms with E-state index in [-0.39, 0.29) is 18.0 Å². The van der Waals surface area contributed by atoms with Crippen molar-refractivity contribution in [1.29, 1.82) is 0 Å². The fourth-order valence-corrected chi connectivity index (χ4v) is 5.00. The highest BCUT2D eigenvalue weighted by Crippen LogP contribution is 2.38. The first-order valence-electron chi connectivity index (χ1n) is 14.7. The van der Waals surface area contributed by atoms with Gasteiger partial charge in [0, 0.05) is 47.4 Å². The molecule has 1 atom stereocenters. The predicted octanol–water partition coefficient (Wildman–Crippen LogP) is 7.97. The molecule has 0 fully saturated rings. The number of benzene rings is 2. The number of aromatic nitrogens is 2. The Morgan fingerprint density at radius 2 is 1.89 bits per heavy atom. The molecule has 1 unspecified atom stereocenters. The number of likely N-dealkylation sites (N-methyl/N-ethyl adjacent to an activating group) is 1. The number of aryl methyl sites for hydroxylation is 1. The van der Waals surface area contributed by atoms with E-state index in [0.29, 0.717) is 34.3 Å². The van der Waals surface area contributed by atoms with Gasteiger partial charge in [-0.25, -0.2) is 0 Å². The van der Waals surface area contributed by atoms with Crippen molar-refractivity contribution in [2.24, 2.45) is 10.9 Å². The third-order valence-corrected chi connectivity index (χ3v) is 7.08. The van der Waals surface area contributed by atoms with Gasteiger partial charge in [-0.3, -0.25) is 19.3 Å². The van der Waals surface area contributed by atoms with E-state index in [0.717, 1.165) is 18.1 Å². The van der Waals surface area contributed by atoms with Crippen molar-refractivity contribution in [3.63, 3.8) is 0 Å². The molecule has 230 valence electrons. The number of fused-ring (bicyclic) bond motifs is 4. The van der Waals surface area contributed by atoms with Crippen molar-refractivity contribution in [2.75, 3.05) is 20.2 Å². The molecule has 0 saturated carbocycles. The van der Waals surface area contributed by atoms with E-state index in [1.165, 1.54) is 34.9 Å². The minimum atomic E-state index is -4.64. The van der Waals surface area contributed by atoms with E-state index in [1.807, 2.05) is 45.2 Å². The van der Waals surface area contributed by atoms with Crippen LogP contribution in [0.15, 0.2) is 101 Å². The summed E-state index contributed by atoms with van der Waals surface area (Å²) >= 11 is 0. The Balaban J connectivity index is 0.000000282. The minimum absolute atomic E-state index is 0.0860. The Bertz CT molecular complexity index is 1790. The highest BCUT2D eigenvalue weighted by Gasteiger charge is 2.35. The molecule has 1 N–H and O–H groups in total. The summed E-state index contributed by atoms with van der Waals surface area (Å²) in [6, 6.07) is 12.2. The molecule has 0 bridgehead atoms. The van der Waals surface area contributed by atoms with Crippen molar-refractivity contribution < 1.29 is 17.9 Å². The van der Waals surface area contributed by atoms with E-state index < -0.39 is 17.3 Å². The van der Waals surface area contributed by atoms with Crippen LogP contribution >= 0.6 is 0 Å². The van der Waals surface area contributed by atoms with Crippen LogP contribution in [0.1, 0.15) is 37.8 Å². The Morgan fingerprint density at radius 1 is 1.07 bits per heavy atom. The lowest BCUT2D eigenvalue weighted by Crippen LogP contribution is -2.20. The van der Waals surface area contributed by atoms with Gasteiger partial charge in [-0.1, -0.05) is 49.8 Å². The van der Waals surface area contributed by atoms with Crippen LogP contribution in [0.5, 0.6) is 5.75 Å². The molecule has 2 aromatic heterocycles. The molecular formula is C35H37F3N4O2. The molecule has 6 nitrogen and oxygen atoms in total. The molecule has 0 saturated heterocycles. The molecule has 0 spiro atoms. The third kappa shape index (κ3) is 7.52. The highest BCUT2D eigenvalue weighted by atomic mass is 19.4. The normalized spacial score (nSPS) is 15.4. The lowest BCUT2D eigenvalue weighted by atomic mass is 9.94. The Kier molecular flexibility index (Phi) is 10.9. The van der Waals surface area contributed by atoms with E-state index >= 15 is 0 Å². The molecule has 3 heterocycles. The van der Waals surface area contributed by atoms with E-state index in [4.69, 9.17) is 4.74 Å². The number of ether oxygens (including phenoxy) is 1. The summed E-state index contributed by atoms with van der Waals surface area (Å²) in [7, 11) is 1.69. The van der Waals surface area contributed by atoms with Crippen LogP contribution in [-0.4, -0.2) is 35.5 Å². The van der Waals surface area contributed by atoms with Gasteiger partial charge in [-0.2, -0.15) is 13.2 Å². The lowest BCUT2D eigenvalue weighted by molar-refractivity contribution is -0.138. The van der Waals surface area contributed by atoms with Crippen LogP contribution < -0.4 is 15.6 Å². The molecule has 6 rings (SSSR count). The summed E-state index contributed by atoms with van der Waals surface area (Å²) in [4.78, 5) is 21.6. The van der Waals surface area contributed by atoms with Gasteiger partial charge >= 0.3 is 6.18 Å². The molecule has 0 radical (unpaired) electrons. The van der Waals surface area contributed by atoms with E-state index in [2.05, 4.69) is 45.7 Å². The number of rotatable bonds is 5. The number of aliphatic imine (C=N–C) groups is 1. The van der Waals surface area contributed by atoms with Gasteiger partial charge in [0.05, 0.1) is 22.3 Å². The molecule has 2 aromatic carbocycles. The molecular weight excluding hydrogens is 565 g/mol. The summed E-state index contributed by atoms with van der Waals surface area (Å²) in [5.41, 5.74) is 2.07. The zero-order chi connectivity index (χ0) is 31.7. The summed E-state index contributed by atoms with van der Waals surface area (Å²) in [5, 5.41) is 4.17. The predicted molar refractivity (Wildman–Crippen MR) is 173 cm³/mol. The summed E-state index contributed by atoms with van der Waals surface area (Å²) in [6.07, 6.45) is 11.9. The summed E-state index contributed by atoms with van der Waals surface area (Å²) in [5.74, 6) is 0.289. The third-order valence-electron chi connectivity index (χ3n) is 7.08. The molecule has 1 aliphatic carbocycles. The van der Waals surface area contributed by atoms with Crippen LogP contribution in [0.2, 0.25) is 0 Å². The molecule has 44 heavy (non-hydrogen) atoms. The average Bonchev–Trinajstić information content (AvgIpc) is 3.28. The Labute approximate surface area is 255 Å². The first kappa shape index (κ1) is 32.4. The Hall–Kier alpha value is -4.50. The van der Waals surface area contributed by atoms with Crippen LogP contribution in [-0.2, 0) is 6.18 Å². The quantitative estimate of drug-likeness (QED) is 0.186. The van der Waals surface area contributed by atoms with Crippen LogP contribution in [0.4, 0.5) is 13.2 Å². The van der Waals surface area contributed by atoms with Crippen molar-refractivity contribution in [3.8, 4) is 11.4 Å². The average molecular weight is 603 g/mol. The monoisotopic (exact) mass is 602 g/mol. The van der Waals surface area contributed by atoms with E-state index in [9.17, 15) is 18.0 Å². The number of allylic oxidation sites excluding steroid dienone is 5. The molecule has 0 amide bonds. The number of halogens is 3. The lowest BCUT2D eigenvalue weighted by Gasteiger charge is -2.18. The fourth-order valence-electron chi connectivity index (χ4n) is 5.00. The van der Waals surface area contributed by atoms with Gasteiger partial charge < -0.3 is 10.1 Å². The van der Waals surface area contributed by atoms with Gasteiger partial charge in [-0.05, 0) is 69.3 Å². The maximum atomic E-state index is 13.8. The second kappa shape index (κ2) is 14.8. The molecule has 2 aliphatic rings. The van der Waals surface area contributed by atoms with Gasteiger partial charge in [0.15, 0.2) is 0 Å². The highest BCUT2D eigenvalue weighted by molar-refractivity contribution is 6.04. The van der Waals surface area contributed by atoms with Crippen LogP contribution in [0.25, 0.3) is 27.5 Å². The smallest absolute Gasteiger partial charge is 0.420 e. The fraction of sp³-hybridized carbons (Fsp3) is 0.286. The zero-order valence-electron chi connectivity index (χ0n) is 25.4. The number of nitrogens with one attached hydrogen (secondary N) is 1. The van der Waals surface area contributed by atoms with E-state index in [1.54, 1.807) is 19.3 Å². The number of nitrogens with zero attached hydrogens (tertiary/aromatic N) is 3. The topological polar surface area (TPSA) is 68.5 Å². The van der Waals surface area contributed by atoms with Crippen LogP contribution in [0, 0.1) is 12.8 Å². The second-order valence-corrected chi connectivity index (χ2v) is 10.1. The van der Waals surface area contributed by atoms with Gasteiger partial charge in [-0.15, -0.1) is 0 Å². The first-order chi connectivity index (χ1) is 21.3. The van der Waals surface area contributed by atoms with Crippen molar-refractivity contribution in [1.82, 2.24) is 14.9 Å². The molecule has 4 aromatic rings. The SMILES string of the molecule is C1=CC2=NC=CCCC2C=C1.CC.CNCCOc1ccc(-n2c(=O)ccc3cnc4ccc(C)cc4c32)cc1C(F)(F)F. The van der Waals surface area contributed by atoms with Crippen molar-refractivity contribution >= 4 is 27.5 Å². The van der Waals surface area contributed by atoms with Gasteiger partial charge in [0.1, 0.15) is 12.4 Å². The minimum Gasteiger partial charge on any atom is -0.492 e. The molecule has 9 heteroatoms. The Morgan fingerprint density at radius 3 is 2.66 bits per heavy atom.